The lowest BCUT2D eigenvalue weighted by Crippen LogP contribution is -2.29. The number of alkyl halides is 2. The topological polar surface area (TPSA) is 12.0 Å². The molecule has 1 aromatic rings. The molecule has 0 saturated carbocycles. The SMILES string of the molecule is Fc1ccc(Cl)cc1C(F)(F)CC1CCCN1. The molecule has 1 fully saturated rings. The lowest BCUT2D eigenvalue weighted by Gasteiger charge is -2.21. The van der Waals surface area contributed by atoms with Crippen molar-refractivity contribution >= 4 is 11.6 Å². The van der Waals surface area contributed by atoms with Gasteiger partial charge in [-0.25, -0.2) is 13.2 Å². The Labute approximate surface area is 103 Å². The van der Waals surface area contributed by atoms with Gasteiger partial charge in [-0.2, -0.15) is 0 Å². The first-order valence-electron chi connectivity index (χ1n) is 5.56. The molecule has 17 heavy (non-hydrogen) atoms. The van der Waals surface area contributed by atoms with E-state index in [1.165, 1.54) is 6.07 Å². The molecule has 1 aromatic carbocycles. The molecule has 0 amide bonds. The van der Waals surface area contributed by atoms with Crippen LogP contribution in [0.4, 0.5) is 13.2 Å². The van der Waals surface area contributed by atoms with Crippen LogP contribution in [-0.4, -0.2) is 12.6 Å². The molecule has 0 spiro atoms. The van der Waals surface area contributed by atoms with Crippen molar-refractivity contribution in [3.8, 4) is 0 Å². The lowest BCUT2D eigenvalue weighted by molar-refractivity contribution is -0.0245. The van der Waals surface area contributed by atoms with Gasteiger partial charge in [-0.15, -0.1) is 0 Å². The summed E-state index contributed by atoms with van der Waals surface area (Å²) < 4.78 is 41.2. The van der Waals surface area contributed by atoms with E-state index in [9.17, 15) is 13.2 Å². The first-order chi connectivity index (χ1) is 7.99. The lowest BCUT2D eigenvalue weighted by atomic mass is 9.99. The van der Waals surface area contributed by atoms with Crippen LogP contribution in [0, 0.1) is 5.82 Å². The molecule has 1 aliphatic rings. The molecular formula is C12H13ClF3N. The number of hydrogen-bond donors (Lipinski definition) is 1. The van der Waals surface area contributed by atoms with Crippen LogP contribution >= 0.6 is 11.6 Å². The van der Waals surface area contributed by atoms with Gasteiger partial charge >= 0.3 is 0 Å². The van der Waals surface area contributed by atoms with Crippen LogP contribution < -0.4 is 5.32 Å². The maximum absolute atomic E-state index is 13.9. The minimum absolute atomic E-state index is 0.125. The maximum Gasteiger partial charge on any atom is 0.277 e. The molecule has 0 aromatic heterocycles. The fourth-order valence-corrected chi connectivity index (χ4v) is 2.30. The first-order valence-corrected chi connectivity index (χ1v) is 5.93. The fraction of sp³-hybridized carbons (Fsp3) is 0.500. The summed E-state index contributed by atoms with van der Waals surface area (Å²) in [5, 5.41) is 3.11. The summed E-state index contributed by atoms with van der Waals surface area (Å²) in [6, 6.07) is 3.01. The van der Waals surface area contributed by atoms with Crippen LogP contribution in [-0.2, 0) is 5.92 Å². The normalized spacial score (nSPS) is 20.8. The molecule has 1 aliphatic heterocycles. The van der Waals surface area contributed by atoms with E-state index in [0.29, 0.717) is 6.42 Å². The highest BCUT2D eigenvalue weighted by atomic mass is 35.5. The third-order valence-electron chi connectivity index (χ3n) is 2.99. The molecule has 1 heterocycles. The van der Waals surface area contributed by atoms with Crippen molar-refractivity contribution in [2.75, 3.05) is 6.54 Å². The number of benzene rings is 1. The van der Waals surface area contributed by atoms with E-state index < -0.39 is 17.3 Å². The van der Waals surface area contributed by atoms with Crippen LogP contribution in [0.3, 0.4) is 0 Å². The third kappa shape index (κ3) is 2.93. The highest BCUT2D eigenvalue weighted by molar-refractivity contribution is 6.30. The standard InChI is InChI=1S/C12H13ClF3N/c13-8-3-4-11(14)10(6-8)12(15,16)7-9-2-1-5-17-9/h3-4,6,9,17H,1-2,5,7H2. The Hall–Kier alpha value is -0.740. The Morgan fingerprint density at radius 1 is 1.41 bits per heavy atom. The number of nitrogens with one attached hydrogen (secondary N) is 1. The highest BCUT2D eigenvalue weighted by Crippen LogP contribution is 2.37. The molecular weight excluding hydrogens is 251 g/mol. The summed E-state index contributed by atoms with van der Waals surface area (Å²) in [6.45, 7) is 0.749. The minimum Gasteiger partial charge on any atom is -0.314 e. The van der Waals surface area contributed by atoms with Crippen LogP contribution in [0.1, 0.15) is 24.8 Å². The molecule has 1 nitrogen and oxygen atoms in total. The Morgan fingerprint density at radius 3 is 2.82 bits per heavy atom. The van der Waals surface area contributed by atoms with Crippen molar-refractivity contribution in [1.29, 1.82) is 0 Å². The van der Waals surface area contributed by atoms with Gasteiger partial charge in [-0.05, 0) is 37.6 Å². The third-order valence-corrected chi connectivity index (χ3v) is 3.22. The summed E-state index contributed by atoms with van der Waals surface area (Å²) in [5.74, 6) is -4.09. The largest absolute Gasteiger partial charge is 0.314 e. The summed E-state index contributed by atoms with van der Waals surface area (Å²) in [7, 11) is 0. The maximum atomic E-state index is 13.9. The van der Waals surface area contributed by atoms with Crippen molar-refractivity contribution in [2.24, 2.45) is 0 Å². The van der Waals surface area contributed by atoms with Crippen LogP contribution in [0.15, 0.2) is 18.2 Å². The highest BCUT2D eigenvalue weighted by Gasteiger charge is 2.38. The van der Waals surface area contributed by atoms with Crippen molar-refractivity contribution in [1.82, 2.24) is 5.32 Å². The Balaban J connectivity index is 2.20. The quantitative estimate of drug-likeness (QED) is 0.877. The van der Waals surface area contributed by atoms with Gasteiger partial charge < -0.3 is 5.32 Å². The minimum atomic E-state index is -3.18. The predicted molar refractivity (Wildman–Crippen MR) is 60.9 cm³/mol. The predicted octanol–water partition coefficient (Wildman–Crippen LogP) is 3.71. The van der Waals surface area contributed by atoms with Crippen LogP contribution in [0.25, 0.3) is 0 Å². The average Bonchev–Trinajstić information content (AvgIpc) is 2.73. The van der Waals surface area contributed by atoms with Gasteiger partial charge in [-0.1, -0.05) is 11.6 Å². The summed E-state index contributed by atoms with van der Waals surface area (Å²) in [6.07, 6.45) is 1.21. The zero-order valence-electron chi connectivity index (χ0n) is 9.15. The van der Waals surface area contributed by atoms with Crippen LogP contribution in [0.2, 0.25) is 5.02 Å². The molecule has 1 saturated heterocycles. The van der Waals surface area contributed by atoms with Crippen molar-refractivity contribution in [3.05, 3.63) is 34.6 Å². The number of hydrogen-bond acceptors (Lipinski definition) is 1. The molecule has 94 valence electrons. The Morgan fingerprint density at radius 2 is 2.18 bits per heavy atom. The molecule has 0 aliphatic carbocycles. The van der Waals surface area contributed by atoms with Crippen molar-refractivity contribution < 1.29 is 13.2 Å². The molecule has 1 N–H and O–H groups in total. The fourth-order valence-electron chi connectivity index (χ4n) is 2.13. The second-order valence-electron chi connectivity index (χ2n) is 4.33. The summed E-state index contributed by atoms with van der Waals surface area (Å²) >= 11 is 5.62. The summed E-state index contributed by atoms with van der Waals surface area (Å²) in [4.78, 5) is 0. The van der Waals surface area contributed by atoms with E-state index in [2.05, 4.69) is 5.32 Å². The van der Waals surface area contributed by atoms with Gasteiger partial charge in [0.15, 0.2) is 0 Å². The smallest absolute Gasteiger partial charge is 0.277 e. The van der Waals surface area contributed by atoms with Crippen molar-refractivity contribution in [2.45, 2.75) is 31.2 Å². The van der Waals surface area contributed by atoms with Crippen LogP contribution in [0.5, 0.6) is 0 Å². The second-order valence-corrected chi connectivity index (χ2v) is 4.76. The first kappa shape index (κ1) is 12.7. The zero-order valence-corrected chi connectivity index (χ0v) is 9.91. The Kier molecular flexibility index (Phi) is 3.64. The van der Waals surface area contributed by atoms with Gasteiger partial charge in [0, 0.05) is 17.5 Å². The van der Waals surface area contributed by atoms with E-state index >= 15 is 0 Å². The monoisotopic (exact) mass is 263 g/mol. The van der Waals surface area contributed by atoms with Gasteiger partial charge in [0.1, 0.15) is 5.82 Å². The van der Waals surface area contributed by atoms with Gasteiger partial charge in [0.05, 0.1) is 5.56 Å². The Bertz CT molecular complexity index is 403. The summed E-state index contributed by atoms with van der Waals surface area (Å²) in [5.41, 5.74) is -0.612. The van der Waals surface area contributed by atoms with Gasteiger partial charge in [0.25, 0.3) is 5.92 Å². The molecule has 1 atom stereocenters. The van der Waals surface area contributed by atoms with Crippen molar-refractivity contribution in [3.63, 3.8) is 0 Å². The van der Waals surface area contributed by atoms with E-state index in [1.54, 1.807) is 0 Å². The van der Waals surface area contributed by atoms with E-state index in [-0.39, 0.29) is 17.5 Å². The molecule has 2 rings (SSSR count). The number of rotatable bonds is 3. The second kappa shape index (κ2) is 4.86. The molecule has 0 bridgehead atoms. The molecule has 1 unspecified atom stereocenters. The van der Waals surface area contributed by atoms with E-state index in [4.69, 9.17) is 11.6 Å². The van der Waals surface area contributed by atoms with Gasteiger partial charge in [0.2, 0.25) is 0 Å². The van der Waals surface area contributed by atoms with Gasteiger partial charge in [-0.3, -0.25) is 0 Å². The molecule has 5 heteroatoms. The number of halogens is 4. The van der Waals surface area contributed by atoms with E-state index in [1.807, 2.05) is 0 Å². The average molecular weight is 264 g/mol. The molecule has 0 radical (unpaired) electrons. The zero-order chi connectivity index (χ0) is 12.5. The van der Waals surface area contributed by atoms with E-state index in [0.717, 1.165) is 25.1 Å².